The zero-order valence-corrected chi connectivity index (χ0v) is 10.1. The molecule has 0 bridgehead atoms. The Balaban J connectivity index is 2.46. The lowest BCUT2D eigenvalue weighted by molar-refractivity contribution is 0.113. The van der Waals surface area contributed by atoms with E-state index in [1.165, 1.54) is 11.8 Å². The third-order valence-electron chi connectivity index (χ3n) is 1.80. The van der Waals surface area contributed by atoms with Gasteiger partial charge in [-0.3, -0.25) is 0 Å². The number of nitrogens with one attached hydrogen (secondary N) is 1. The molecule has 0 saturated heterocycles. The van der Waals surface area contributed by atoms with Gasteiger partial charge in [-0.05, 0) is 12.5 Å². The summed E-state index contributed by atoms with van der Waals surface area (Å²) in [4.78, 5) is 8.34. The van der Waals surface area contributed by atoms with E-state index >= 15 is 0 Å². The van der Waals surface area contributed by atoms with E-state index in [-0.39, 0.29) is 6.61 Å². The van der Waals surface area contributed by atoms with E-state index in [9.17, 15) is 5.11 Å². The van der Waals surface area contributed by atoms with Crippen LogP contribution in [0.5, 0.6) is 0 Å². The largest absolute Gasteiger partial charge is 0.394 e. The summed E-state index contributed by atoms with van der Waals surface area (Å²) in [5.41, 5.74) is 0. The topological polar surface area (TPSA) is 78.3 Å². The van der Waals surface area contributed by atoms with Gasteiger partial charge in [-0.1, -0.05) is 6.92 Å². The third-order valence-corrected chi connectivity index (χ3v) is 2.87. The Morgan fingerprint density at radius 3 is 3.06 bits per heavy atom. The molecule has 0 fully saturated rings. The Kier molecular flexibility index (Phi) is 6.14. The van der Waals surface area contributed by atoms with Gasteiger partial charge >= 0.3 is 0 Å². The van der Waals surface area contributed by atoms with Gasteiger partial charge < -0.3 is 15.5 Å². The molecule has 3 N–H and O–H groups in total. The highest BCUT2D eigenvalue weighted by Crippen LogP contribution is 2.16. The van der Waals surface area contributed by atoms with Crippen molar-refractivity contribution in [2.75, 3.05) is 24.2 Å². The maximum atomic E-state index is 9.20. The number of thioether (sulfide) groups is 1. The molecule has 0 aliphatic carbocycles. The van der Waals surface area contributed by atoms with Crippen molar-refractivity contribution in [3.63, 3.8) is 0 Å². The van der Waals surface area contributed by atoms with E-state index in [0.717, 1.165) is 18.0 Å². The first kappa shape index (κ1) is 13.2. The Morgan fingerprint density at radius 1 is 1.56 bits per heavy atom. The minimum absolute atomic E-state index is 0.223. The van der Waals surface area contributed by atoms with Gasteiger partial charge in [0.05, 0.1) is 12.7 Å². The first-order valence-corrected chi connectivity index (χ1v) is 6.23. The number of anilines is 1. The predicted octanol–water partition coefficient (Wildman–Crippen LogP) is 0.744. The second-order valence-corrected chi connectivity index (χ2v) is 4.33. The van der Waals surface area contributed by atoms with Crippen LogP contribution in [0.25, 0.3) is 0 Å². The summed E-state index contributed by atoms with van der Waals surface area (Å²) in [7, 11) is 0. The summed E-state index contributed by atoms with van der Waals surface area (Å²) in [5, 5.41) is 21.8. The first-order chi connectivity index (χ1) is 7.76. The van der Waals surface area contributed by atoms with Gasteiger partial charge in [-0.2, -0.15) is 0 Å². The Morgan fingerprint density at radius 2 is 2.38 bits per heavy atom. The molecule has 90 valence electrons. The van der Waals surface area contributed by atoms with Crippen molar-refractivity contribution in [2.24, 2.45) is 0 Å². The fraction of sp³-hybridized carbons (Fsp3) is 0.600. The van der Waals surface area contributed by atoms with E-state index in [1.54, 1.807) is 12.3 Å². The van der Waals surface area contributed by atoms with Gasteiger partial charge in [0.1, 0.15) is 5.03 Å². The van der Waals surface area contributed by atoms with Gasteiger partial charge in [0.15, 0.2) is 0 Å². The van der Waals surface area contributed by atoms with E-state index in [0.29, 0.717) is 11.7 Å². The standard InChI is InChI=1S/C10H17N3O2S/c1-2-4-11-10-12-5-3-9(13-10)16-7-8(15)6-14/h3,5,8,14-15H,2,4,6-7H2,1H3,(H,11,12,13). The molecule has 1 atom stereocenters. The average Bonchev–Trinajstić information content (AvgIpc) is 2.34. The molecule has 0 amide bonds. The van der Waals surface area contributed by atoms with Crippen LogP contribution in [0.2, 0.25) is 0 Å². The van der Waals surface area contributed by atoms with Crippen molar-refractivity contribution in [3.8, 4) is 0 Å². The molecule has 0 radical (unpaired) electrons. The second kappa shape index (κ2) is 7.43. The quantitative estimate of drug-likeness (QED) is 0.484. The number of aromatic nitrogens is 2. The minimum Gasteiger partial charge on any atom is -0.394 e. The van der Waals surface area contributed by atoms with E-state index in [1.807, 2.05) is 0 Å². The molecule has 0 saturated carbocycles. The lowest BCUT2D eigenvalue weighted by atomic mass is 10.4. The van der Waals surface area contributed by atoms with Crippen molar-refractivity contribution < 1.29 is 10.2 Å². The minimum atomic E-state index is -0.702. The van der Waals surface area contributed by atoms with Gasteiger partial charge in [-0.25, -0.2) is 9.97 Å². The van der Waals surface area contributed by atoms with Crippen molar-refractivity contribution in [2.45, 2.75) is 24.5 Å². The number of hydrogen-bond acceptors (Lipinski definition) is 6. The van der Waals surface area contributed by atoms with Gasteiger partial charge in [0.25, 0.3) is 0 Å². The Labute approximate surface area is 99.3 Å². The summed E-state index contributed by atoms with van der Waals surface area (Å²) in [6.45, 7) is 2.69. The van der Waals surface area contributed by atoms with Crippen molar-refractivity contribution in [1.29, 1.82) is 0 Å². The average molecular weight is 243 g/mol. The predicted molar refractivity (Wildman–Crippen MR) is 64.6 cm³/mol. The number of rotatable bonds is 7. The van der Waals surface area contributed by atoms with Crippen LogP contribution in [0.3, 0.4) is 0 Å². The molecular formula is C10H17N3O2S. The summed E-state index contributed by atoms with van der Waals surface area (Å²) < 4.78 is 0. The fourth-order valence-electron chi connectivity index (χ4n) is 0.979. The van der Waals surface area contributed by atoms with Crippen molar-refractivity contribution >= 4 is 17.7 Å². The molecule has 1 aromatic heterocycles. The molecule has 0 aliphatic rings. The van der Waals surface area contributed by atoms with Crippen LogP contribution in [0.15, 0.2) is 17.3 Å². The van der Waals surface area contributed by atoms with Crippen LogP contribution >= 0.6 is 11.8 Å². The Bertz CT molecular complexity index is 312. The molecule has 16 heavy (non-hydrogen) atoms. The highest BCUT2D eigenvalue weighted by Gasteiger charge is 2.04. The molecule has 1 unspecified atom stereocenters. The highest BCUT2D eigenvalue weighted by molar-refractivity contribution is 7.99. The highest BCUT2D eigenvalue weighted by atomic mass is 32.2. The molecule has 5 nitrogen and oxygen atoms in total. The summed E-state index contributed by atoms with van der Waals surface area (Å²) in [5.74, 6) is 1.03. The number of hydrogen-bond donors (Lipinski definition) is 3. The van der Waals surface area contributed by atoms with Crippen LogP contribution in [-0.2, 0) is 0 Å². The van der Waals surface area contributed by atoms with Gasteiger partial charge in [0.2, 0.25) is 5.95 Å². The molecule has 1 heterocycles. The summed E-state index contributed by atoms with van der Waals surface area (Å²) in [6, 6.07) is 1.78. The van der Waals surface area contributed by atoms with E-state index in [2.05, 4.69) is 22.2 Å². The van der Waals surface area contributed by atoms with Crippen LogP contribution in [0.1, 0.15) is 13.3 Å². The van der Waals surface area contributed by atoms with Crippen LogP contribution < -0.4 is 5.32 Å². The number of aliphatic hydroxyl groups is 2. The zero-order valence-electron chi connectivity index (χ0n) is 9.26. The molecular weight excluding hydrogens is 226 g/mol. The monoisotopic (exact) mass is 243 g/mol. The van der Waals surface area contributed by atoms with Crippen LogP contribution in [0.4, 0.5) is 5.95 Å². The smallest absolute Gasteiger partial charge is 0.223 e. The van der Waals surface area contributed by atoms with Crippen molar-refractivity contribution in [1.82, 2.24) is 9.97 Å². The maximum Gasteiger partial charge on any atom is 0.223 e. The molecule has 0 spiro atoms. The molecule has 6 heteroatoms. The van der Waals surface area contributed by atoms with Crippen LogP contribution in [-0.4, -0.2) is 45.2 Å². The summed E-state index contributed by atoms with van der Waals surface area (Å²) in [6.07, 6.45) is 2.00. The van der Waals surface area contributed by atoms with Gasteiger partial charge in [-0.15, -0.1) is 11.8 Å². The van der Waals surface area contributed by atoms with E-state index in [4.69, 9.17) is 5.11 Å². The Hall–Kier alpha value is -0.850. The second-order valence-electron chi connectivity index (χ2n) is 3.29. The van der Waals surface area contributed by atoms with Crippen LogP contribution in [0, 0.1) is 0 Å². The van der Waals surface area contributed by atoms with Gasteiger partial charge in [0, 0.05) is 18.5 Å². The zero-order chi connectivity index (χ0) is 11.8. The van der Waals surface area contributed by atoms with Crippen molar-refractivity contribution in [3.05, 3.63) is 12.3 Å². The summed E-state index contributed by atoms with van der Waals surface area (Å²) >= 11 is 1.40. The molecule has 0 aromatic carbocycles. The lowest BCUT2D eigenvalue weighted by Gasteiger charge is -2.07. The third kappa shape index (κ3) is 4.78. The van der Waals surface area contributed by atoms with E-state index < -0.39 is 6.10 Å². The number of nitrogens with zero attached hydrogens (tertiary/aromatic N) is 2. The number of aliphatic hydroxyl groups excluding tert-OH is 2. The normalized spacial score (nSPS) is 12.4. The lowest BCUT2D eigenvalue weighted by Crippen LogP contribution is -2.14. The fourth-order valence-corrected chi connectivity index (χ4v) is 1.76. The SMILES string of the molecule is CCCNc1nccc(SCC(O)CO)n1. The molecule has 0 aliphatic heterocycles. The molecule has 1 rings (SSSR count). The first-order valence-electron chi connectivity index (χ1n) is 5.25. The molecule has 1 aromatic rings. The maximum absolute atomic E-state index is 9.20.